The van der Waals surface area contributed by atoms with Crippen LogP contribution < -0.4 is 25.6 Å². The molecule has 0 aromatic heterocycles. The van der Waals surface area contributed by atoms with Gasteiger partial charge in [-0.25, -0.2) is 0 Å². The number of nitrogens with one attached hydrogen (secondary N) is 1. The van der Waals surface area contributed by atoms with E-state index in [0.717, 1.165) is 0 Å². The largest absolute Gasteiger partial charge is 0.497 e. The van der Waals surface area contributed by atoms with Gasteiger partial charge in [0.2, 0.25) is 5.43 Å². The van der Waals surface area contributed by atoms with E-state index in [-0.39, 0.29) is 5.69 Å². The zero-order valence-electron chi connectivity index (χ0n) is 12.8. The summed E-state index contributed by atoms with van der Waals surface area (Å²) in [5.41, 5.74) is 0.917. The van der Waals surface area contributed by atoms with Crippen molar-refractivity contribution in [2.75, 3.05) is 19.5 Å². The third-order valence-electron chi connectivity index (χ3n) is 3.64. The van der Waals surface area contributed by atoms with E-state index >= 15 is 0 Å². The molecule has 116 valence electrons. The van der Waals surface area contributed by atoms with Crippen LogP contribution in [0.25, 0.3) is 11.1 Å². The van der Waals surface area contributed by atoms with E-state index in [4.69, 9.17) is 9.47 Å². The lowest BCUT2D eigenvalue weighted by molar-refractivity contribution is 0.405. The Kier molecular flexibility index (Phi) is 3.85. The van der Waals surface area contributed by atoms with Gasteiger partial charge in [-0.05, 0) is 17.7 Å². The van der Waals surface area contributed by atoms with Crippen LogP contribution in [-0.4, -0.2) is 14.2 Å². The predicted molar refractivity (Wildman–Crippen MR) is 89.6 cm³/mol. The average molecular weight is 309 g/mol. The van der Waals surface area contributed by atoms with Gasteiger partial charge >= 0.3 is 0 Å². The molecule has 0 heterocycles. The molecule has 1 N–H and O–H groups in total. The second kappa shape index (κ2) is 5.96. The molecule has 0 bridgehead atoms. The summed E-state index contributed by atoms with van der Waals surface area (Å²) in [7, 11) is 3.09. The van der Waals surface area contributed by atoms with E-state index in [1.807, 2.05) is 18.2 Å². The summed E-state index contributed by atoms with van der Waals surface area (Å²) < 4.78 is 10.5. The monoisotopic (exact) mass is 309 g/mol. The van der Waals surface area contributed by atoms with Gasteiger partial charge in [-0.2, -0.15) is 0 Å². The molecule has 0 saturated heterocycles. The fourth-order valence-corrected chi connectivity index (χ4v) is 2.44. The highest BCUT2D eigenvalue weighted by Crippen LogP contribution is 2.33. The maximum absolute atomic E-state index is 12.0. The highest BCUT2D eigenvalue weighted by molar-refractivity contribution is 5.85. The molecular weight excluding hydrogens is 294 g/mol. The molecule has 0 aliphatic carbocycles. The molecule has 3 aromatic carbocycles. The molecule has 23 heavy (non-hydrogen) atoms. The highest BCUT2D eigenvalue weighted by atomic mass is 16.5. The number of anilines is 2. The number of ether oxygens (including phenoxy) is 2. The van der Waals surface area contributed by atoms with Crippen molar-refractivity contribution in [2.45, 2.75) is 0 Å². The number of rotatable bonds is 5. The molecule has 0 spiro atoms. The van der Waals surface area contributed by atoms with Crippen molar-refractivity contribution in [2.24, 2.45) is 0 Å². The van der Waals surface area contributed by atoms with Crippen LogP contribution in [0.1, 0.15) is 0 Å². The summed E-state index contributed by atoms with van der Waals surface area (Å²) >= 11 is 0. The summed E-state index contributed by atoms with van der Waals surface area (Å²) in [6.07, 6.45) is 0. The van der Waals surface area contributed by atoms with Crippen molar-refractivity contribution in [1.29, 1.82) is 0 Å². The predicted octanol–water partition coefficient (Wildman–Crippen LogP) is 2.71. The molecule has 3 rings (SSSR count). The van der Waals surface area contributed by atoms with Gasteiger partial charge in [0.15, 0.2) is 0 Å². The topological polar surface area (TPSA) is 64.6 Å². The van der Waals surface area contributed by atoms with Crippen molar-refractivity contribution in [3.8, 4) is 22.6 Å². The van der Waals surface area contributed by atoms with Gasteiger partial charge in [0.25, 0.3) is 5.43 Å². The van der Waals surface area contributed by atoms with Crippen LogP contribution in [0.15, 0.2) is 58.1 Å². The van der Waals surface area contributed by atoms with Gasteiger partial charge in [0.05, 0.1) is 25.5 Å². The maximum atomic E-state index is 12.0. The lowest BCUT2D eigenvalue weighted by atomic mass is 9.98. The van der Waals surface area contributed by atoms with Gasteiger partial charge < -0.3 is 14.8 Å². The molecular formula is C18H15NO4. The van der Waals surface area contributed by atoms with Gasteiger partial charge in [-0.3, -0.25) is 9.59 Å². The molecule has 3 aromatic rings. The average Bonchev–Trinajstić information content (AvgIpc) is 2.61. The summed E-state index contributed by atoms with van der Waals surface area (Å²) in [4.78, 5) is 23.9. The van der Waals surface area contributed by atoms with Crippen molar-refractivity contribution < 1.29 is 9.47 Å². The van der Waals surface area contributed by atoms with E-state index in [1.54, 1.807) is 37.4 Å². The Bertz CT molecular complexity index is 909. The van der Waals surface area contributed by atoms with Gasteiger partial charge in [-0.1, -0.05) is 30.3 Å². The fourth-order valence-electron chi connectivity index (χ4n) is 2.44. The summed E-state index contributed by atoms with van der Waals surface area (Å²) in [6, 6.07) is 14.3. The molecule has 0 amide bonds. The molecule has 0 aliphatic rings. The molecule has 0 aliphatic heterocycles. The number of methoxy groups -OCH3 is 2. The zero-order chi connectivity index (χ0) is 16.4. The van der Waals surface area contributed by atoms with Crippen molar-refractivity contribution in [3.05, 3.63) is 69.0 Å². The second-order valence-electron chi connectivity index (χ2n) is 4.97. The first-order valence-corrected chi connectivity index (χ1v) is 7.03. The van der Waals surface area contributed by atoms with Crippen molar-refractivity contribution in [1.82, 2.24) is 0 Å². The van der Waals surface area contributed by atoms with Crippen LogP contribution in [0, 0.1) is 0 Å². The quantitative estimate of drug-likeness (QED) is 0.734. The van der Waals surface area contributed by atoms with Crippen LogP contribution in [0.2, 0.25) is 0 Å². The first kappa shape index (κ1) is 14.8. The molecule has 5 nitrogen and oxygen atoms in total. The summed E-state index contributed by atoms with van der Waals surface area (Å²) in [5.74, 6) is 1.17. The standard InChI is InChI=1S/C18H15NO4/c1-22-12-8-9-14(23-2)13(10-12)19-16-15(17(20)18(16)21)11-6-4-3-5-7-11/h3-10,19H,1-2H3. The molecule has 0 radical (unpaired) electrons. The SMILES string of the molecule is COc1ccc(OC)c(Nc2c(-c3ccccc3)c(=O)c2=O)c1. The number of hydrogen-bond donors (Lipinski definition) is 1. The fraction of sp³-hybridized carbons (Fsp3) is 0.111. The Morgan fingerprint density at radius 3 is 2.26 bits per heavy atom. The van der Waals surface area contributed by atoms with Crippen LogP contribution in [0.3, 0.4) is 0 Å². The smallest absolute Gasteiger partial charge is 0.250 e. The lowest BCUT2D eigenvalue weighted by Crippen LogP contribution is -2.35. The van der Waals surface area contributed by atoms with Crippen LogP contribution in [0.5, 0.6) is 11.5 Å². The van der Waals surface area contributed by atoms with Gasteiger partial charge in [0, 0.05) is 6.07 Å². The van der Waals surface area contributed by atoms with Crippen molar-refractivity contribution >= 4 is 11.4 Å². The van der Waals surface area contributed by atoms with E-state index in [1.165, 1.54) is 7.11 Å². The first-order chi connectivity index (χ1) is 11.2. The molecule has 0 unspecified atom stereocenters. The van der Waals surface area contributed by atoms with Crippen LogP contribution in [-0.2, 0) is 0 Å². The molecule has 0 saturated carbocycles. The maximum Gasteiger partial charge on any atom is 0.250 e. The second-order valence-corrected chi connectivity index (χ2v) is 4.97. The molecule has 5 heteroatoms. The van der Waals surface area contributed by atoms with Crippen LogP contribution in [0.4, 0.5) is 11.4 Å². The van der Waals surface area contributed by atoms with E-state index < -0.39 is 10.9 Å². The Morgan fingerprint density at radius 1 is 0.870 bits per heavy atom. The third-order valence-corrected chi connectivity index (χ3v) is 3.64. The number of hydrogen-bond acceptors (Lipinski definition) is 5. The van der Waals surface area contributed by atoms with Crippen LogP contribution >= 0.6 is 0 Å². The minimum absolute atomic E-state index is 0.271. The first-order valence-electron chi connectivity index (χ1n) is 7.03. The van der Waals surface area contributed by atoms with Gasteiger partial charge in [0.1, 0.15) is 17.2 Å². The van der Waals surface area contributed by atoms with E-state index in [0.29, 0.717) is 28.3 Å². The lowest BCUT2D eigenvalue weighted by Gasteiger charge is -2.16. The Morgan fingerprint density at radius 2 is 1.61 bits per heavy atom. The Balaban J connectivity index is 2.04. The highest BCUT2D eigenvalue weighted by Gasteiger charge is 2.23. The van der Waals surface area contributed by atoms with E-state index in [9.17, 15) is 9.59 Å². The third kappa shape index (κ3) is 2.57. The normalized spacial score (nSPS) is 10.5. The minimum Gasteiger partial charge on any atom is -0.497 e. The molecule has 0 fully saturated rings. The molecule has 0 atom stereocenters. The summed E-state index contributed by atoms with van der Waals surface area (Å²) in [6.45, 7) is 0. The number of benzene rings is 2. The van der Waals surface area contributed by atoms with Crippen molar-refractivity contribution in [3.63, 3.8) is 0 Å². The zero-order valence-corrected chi connectivity index (χ0v) is 12.8. The Labute approximate surface area is 132 Å². The van der Waals surface area contributed by atoms with E-state index in [2.05, 4.69) is 5.32 Å². The Hall–Kier alpha value is -3.08. The minimum atomic E-state index is -0.534. The summed E-state index contributed by atoms with van der Waals surface area (Å²) in [5, 5.41) is 3.01. The van der Waals surface area contributed by atoms with Gasteiger partial charge in [-0.15, -0.1) is 0 Å².